The molecule has 2 heterocycles. The van der Waals surface area contributed by atoms with Crippen LogP contribution in [0.25, 0.3) is 16.9 Å². The van der Waals surface area contributed by atoms with Gasteiger partial charge in [-0.3, -0.25) is 4.57 Å². The predicted octanol–water partition coefficient (Wildman–Crippen LogP) is 6.20. The molecule has 4 rings (SSSR count). The molecule has 0 unspecified atom stereocenters. The van der Waals surface area contributed by atoms with Crippen LogP contribution in [0.1, 0.15) is 11.4 Å². The van der Waals surface area contributed by atoms with Crippen LogP contribution in [-0.2, 0) is 12.4 Å². The normalized spacial score (nSPS) is 12.3. The van der Waals surface area contributed by atoms with Crippen LogP contribution >= 0.6 is 0 Å². The van der Waals surface area contributed by atoms with E-state index in [1.165, 1.54) is 42.5 Å². The van der Waals surface area contributed by atoms with Crippen molar-refractivity contribution in [3.8, 4) is 5.82 Å². The van der Waals surface area contributed by atoms with Gasteiger partial charge in [0.2, 0.25) is 5.82 Å². The molecule has 0 aliphatic carbocycles. The molecule has 30 heavy (non-hydrogen) atoms. The lowest BCUT2D eigenvalue weighted by Crippen LogP contribution is -2.15. The first-order valence-electron chi connectivity index (χ1n) is 8.59. The van der Waals surface area contributed by atoms with E-state index in [2.05, 4.69) is 15.3 Å². The van der Waals surface area contributed by atoms with E-state index in [-0.39, 0.29) is 22.7 Å². The molecule has 10 heteroatoms. The molecule has 0 saturated carbocycles. The van der Waals surface area contributed by atoms with Crippen molar-refractivity contribution >= 4 is 22.5 Å². The summed E-state index contributed by atoms with van der Waals surface area (Å²) in [6, 6.07) is 14.7. The summed E-state index contributed by atoms with van der Waals surface area (Å²) in [5, 5.41) is 2.80. The zero-order valence-corrected chi connectivity index (χ0v) is 15.0. The fourth-order valence-corrected chi connectivity index (χ4v) is 2.96. The average molecular weight is 422 g/mol. The van der Waals surface area contributed by atoms with Gasteiger partial charge in [-0.25, -0.2) is 9.97 Å². The zero-order valence-electron chi connectivity index (χ0n) is 15.0. The fraction of sp³-hybridized carbons (Fsp3) is 0.100. The number of anilines is 2. The van der Waals surface area contributed by atoms with E-state index in [9.17, 15) is 26.3 Å². The predicted molar refractivity (Wildman–Crippen MR) is 98.6 cm³/mol. The minimum atomic E-state index is -4.71. The second-order valence-electron chi connectivity index (χ2n) is 6.34. The van der Waals surface area contributed by atoms with Crippen molar-refractivity contribution in [3.05, 3.63) is 78.1 Å². The molecular formula is C20H12F6N4. The molecule has 2 aromatic heterocycles. The minimum Gasteiger partial charge on any atom is -0.340 e. The smallest absolute Gasteiger partial charge is 0.340 e. The highest BCUT2D eigenvalue weighted by atomic mass is 19.4. The van der Waals surface area contributed by atoms with Gasteiger partial charge in [0.05, 0.1) is 16.6 Å². The van der Waals surface area contributed by atoms with Gasteiger partial charge in [0.1, 0.15) is 11.6 Å². The Bertz CT molecular complexity index is 1190. The highest BCUT2D eigenvalue weighted by Crippen LogP contribution is 2.34. The maximum Gasteiger partial charge on any atom is 0.450 e. The molecule has 0 saturated heterocycles. The number of hydrogen-bond donors (Lipinski definition) is 1. The lowest BCUT2D eigenvalue weighted by molar-refractivity contribution is -0.145. The number of benzene rings is 2. The standard InChI is InChI=1S/C20H12F6N4/c21-19(22,23)12-8-10-13(11-9-12)27-16-6-3-7-17(29-16)30-15-5-2-1-4-14(15)28-18(30)20(24,25)26/h1-11H,(H,27,29). The fourth-order valence-electron chi connectivity index (χ4n) is 2.96. The maximum atomic E-state index is 13.5. The van der Waals surface area contributed by atoms with E-state index in [1.807, 2.05) is 0 Å². The van der Waals surface area contributed by atoms with Crippen molar-refractivity contribution in [1.29, 1.82) is 0 Å². The first-order chi connectivity index (χ1) is 14.1. The maximum absolute atomic E-state index is 13.5. The molecule has 2 aromatic carbocycles. The highest BCUT2D eigenvalue weighted by Gasteiger charge is 2.38. The summed E-state index contributed by atoms with van der Waals surface area (Å²) >= 11 is 0. The summed E-state index contributed by atoms with van der Waals surface area (Å²) in [7, 11) is 0. The van der Waals surface area contributed by atoms with Crippen LogP contribution in [0, 0.1) is 0 Å². The number of aromatic nitrogens is 3. The van der Waals surface area contributed by atoms with Crippen LogP contribution in [0.15, 0.2) is 66.7 Å². The molecule has 0 bridgehead atoms. The van der Waals surface area contributed by atoms with Crippen molar-refractivity contribution in [2.75, 3.05) is 5.32 Å². The molecule has 0 radical (unpaired) electrons. The van der Waals surface area contributed by atoms with E-state index < -0.39 is 23.7 Å². The second kappa shape index (κ2) is 7.05. The number of rotatable bonds is 3. The Balaban J connectivity index is 1.73. The van der Waals surface area contributed by atoms with Crippen LogP contribution in [-0.4, -0.2) is 14.5 Å². The van der Waals surface area contributed by atoms with E-state index in [0.29, 0.717) is 5.69 Å². The summed E-state index contributed by atoms with van der Waals surface area (Å²) in [5.41, 5.74) is -0.120. The van der Waals surface area contributed by atoms with Crippen LogP contribution in [0.4, 0.5) is 37.8 Å². The molecular weight excluding hydrogens is 410 g/mol. The van der Waals surface area contributed by atoms with Gasteiger partial charge >= 0.3 is 12.4 Å². The summed E-state index contributed by atoms with van der Waals surface area (Å²) in [6.07, 6.45) is -9.18. The third kappa shape index (κ3) is 3.80. The number of nitrogens with one attached hydrogen (secondary N) is 1. The largest absolute Gasteiger partial charge is 0.450 e. The third-order valence-corrected chi connectivity index (χ3v) is 4.26. The molecule has 0 aliphatic heterocycles. The van der Waals surface area contributed by atoms with Crippen LogP contribution in [0.2, 0.25) is 0 Å². The Morgan fingerprint density at radius 1 is 0.700 bits per heavy atom. The van der Waals surface area contributed by atoms with Crippen LogP contribution in [0.5, 0.6) is 0 Å². The molecule has 1 N–H and O–H groups in total. The van der Waals surface area contributed by atoms with Gasteiger partial charge in [0.15, 0.2) is 0 Å². The summed E-state index contributed by atoms with van der Waals surface area (Å²) in [4.78, 5) is 7.87. The summed E-state index contributed by atoms with van der Waals surface area (Å²) in [6.45, 7) is 0. The molecule has 4 nitrogen and oxygen atoms in total. The number of nitrogens with zero attached hydrogens (tertiary/aromatic N) is 3. The number of hydrogen-bond acceptors (Lipinski definition) is 3. The number of alkyl halides is 6. The topological polar surface area (TPSA) is 42.7 Å². The molecule has 4 aromatic rings. The molecule has 0 atom stereocenters. The average Bonchev–Trinajstić information content (AvgIpc) is 3.08. The van der Waals surface area contributed by atoms with E-state index >= 15 is 0 Å². The summed E-state index contributed by atoms with van der Waals surface area (Å²) in [5.74, 6) is -0.992. The number of pyridine rings is 1. The van der Waals surface area contributed by atoms with Gasteiger partial charge in [-0.2, -0.15) is 26.3 Å². The van der Waals surface area contributed by atoms with Crippen molar-refractivity contribution in [2.24, 2.45) is 0 Å². The Hall–Kier alpha value is -3.56. The van der Waals surface area contributed by atoms with Gasteiger partial charge in [-0.15, -0.1) is 0 Å². The first kappa shape index (κ1) is 19.7. The molecule has 0 amide bonds. The Labute approximate surface area is 165 Å². The van der Waals surface area contributed by atoms with E-state index in [1.54, 1.807) is 12.1 Å². The van der Waals surface area contributed by atoms with Crippen molar-refractivity contribution in [2.45, 2.75) is 12.4 Å². The SMILES string of the molecule is FC(F)(F)c1ccc(Nc2cccc(-n3c(C(F)(F)F)nc4ccccc43)n2)cc1. The second-order valence-corrected chi connectivity index (χ2v) is 6.34. The molecule has 0 aliphatic rings. The number of fused-ring (bicyclic) bond motifs is 1. The van der Waals surface area contributed by atoms with Gasteiger partial charge < -0.3 is 5.32 Å². The van der Waals surface area contributed by atoms with E-state index in [4.69, 9.17) is 0 Å². The third-order valence-electron chi connectivity index (χ3n) is 4.26. The molecule has 0 fully saturated rings. The Kier molecular flexibility index (Phi) is 4.64. The van der Waals surface area contributed by atoms with Crippen molar-refractivity contribution in [3.63, 3.8) is 0 Å². The van der Waals surface area contributed by atoms with Crippen molar-refractivity contribution in [1.82, 2.24) is 14.5 Å². The Morgan fingerprint density at radius 3 is 2.07 bits per heavy atom. The van der Waals surface area contributed by atoms with Crippen LogP contribution in [0.3, 0.4) is 0 Å². The molecule has 154 valence electrons. The van der Waals surface area contributed by atoms with Crippen LogP contribution < -0.4 is 5.32 Å². The first-order valence-corrected chi connectivity index (χ1v) is 8.59. The monoisotopic (exact) mass is 422 g/mol. The number of para-hydroxylation sites is 2. The molecule has 0 spiro atoms. The highest BCUT2D eigenvalue weighted by molar-refractivity contribution is 5.78. The lowest BCUT2D eigenvalue weighted by atomic mass is 10.2. The van der Waals surface area contributed by atoms with Gasteiger partial charge in [0.25, 0.3) is 0 Å². The Morgan fingerprint density at radius 2 is 1.40 bits per heavy atom. The quantitative estimate of drug-likeness (QED) is 0.400. The van der Waals surface area contributed by atoms with Gasteiger partial charge in [-0.05, 0) is 48.5 Å². The van der Waals surface area contributed by atoms with Gasteiger partial charge in [0, 0.05) is 5.69 Å². The zero-order chi connectivity index (χ0) is 21.5. The van der Waals surface area contributed by atoms with Gasteiger partial charge in [-0.1, -0.05) is 18.2 Å². The van der Waals surface area contributed by atoms with Crippen molar-refractivity contribution < 1.29 is 26.3 Å². The van der Waals surface area contributed by atoms with E-state index in [0.717, 1.165) is 16.7 Å². The number of halogens is 6. The lowest BCUT2D eigenvalue weighted by Gasteiger charge is -2.13. The number of imidazole rings is 1. The summed E-state index contributed by atoms with van der Waals surface area (Å²) < 4.78 is 79.6. The minimum absolute atomic E-state index is 0.0343.